The van der Waals surface area contributed by atoms with Gasteiger partial charge in [-0.2, -0.15) is 0 Å². The number of carboxylic acid groups (broad SMARTS) is 1. The fourth-order valence-corrected chi connectivity index (χ4v) is 2.43. The zero-order chi connectivity index (χ0) is 14.3. The average Bonchev–Trinajstić information content (AvgIpc) is 2.78. The van der Waals surface area contributed by atoms with Crippen molar-refractivity contribution in [3.8, 4) is 11.1 Å². The van der Waals surface area contributed by atoms with E-state index in [1.165, 1.54) is 12.1 Å². The van der Waals surface area contributed by atoms with Crippen molar-refractivity contribution in [1.82, 2.24) is 4.98 Å². The second kappa shape index (κ2) is 6.60. The van der Waals surface area contributed by atoms with Gasteiger partial charge in [0.05, 0.1) is 11.7 Å². The predicted octanol–water partition coefficient (Wildman–Crippen LogP) is -0.00510. The molecule has 0 saturated heterocycles. The Hall–Kier alpha value is -0.694. The Morgan fingerprint density at radius 1 is 1.19 bits per heavy atom. The summed E-state index contributed by atoms with van der Waals surface area (Å²) in [5, 5.41) is 12.2. The third-order valence-corrected chi connectivity index (χ3v) is 3.34. The molecule has 3 aromatic rings. The van der Waals surface area contributed by atoms with Crippen LogP contribution in [0.5, 0.6) is 0 Å². The van der Waals surface area contributed by atoms with Gasteiger partial charge in [-0.15, -0.1) is 0 Å². The summed E-state index contributed by atoms with van der Waals surface area (Å²) in [6.45, 7) is 0. The first-order chi connectivity index (χ1) is 9.58. The van der Waals surface area contributed by atoms with Crippen LogP contribution in [0, 0.1) is 5.82 Å². The van der Waals surface area contributed by atoms with Crippen molar-refractivity contribution < 1.29 is 65.7 Å². The molecular formula is C15H8ClFKNO2. The van der Waals surface area contributed by atoms with Crippen molar-refractivity contribution in [1.29, 1.82) is 0 Å². The molecule has 3 nitrogen and oxygen atoms in total. The Balaban J connectivity index is 0.00000161. The van der Waals surface area contributed by atoms with Gasteiger partial charge in [0.2, 0.25) is 0 Å². The molecule has 0 amide bonds. The molecule has 0 spiro atoms. The molecule has 2 aromatic carbocycles. The second-order valence-electron chi connectivity index (χ2n) is 4.33. The second-order valence-corrected chi connectivity index (χ2v) is 4.77. The number of H-pyrrole nitrogens is 1. The van der Waals surface area contributed by atoms with E-state index in [1.807, 2.05) is 0 Å². The van der Waals surface area contributed by atoms with Crippen molar-refractivity contribution >= 4 is 28.5 Å². The van der Waals surface area contributed by atoms with Crippen LogP contribution in [0.3, 0.4) is 0 Å². The summed E-state index contributed by atoms with van der Waals surface area (Å²) in [6, 6.07) is 10.9. The third-order valence-electron chi connectivity index (χ3n) is 3.11. The summed E-state index contributed by atoms with van der Waals surface area (Å²) in [5.74, 6) is -1.90. The van der Waals surface area contributed by atoms with Crippen molar-refractivity contribution in [3.05, 3.63) is 59.0 Å². The standard InChI is InChI=1S/C15H9ClFNO2.K/c16-8-5-6-12-10(7-8)13(14(18-12)15(19)20)9-3-1-2-4-11(9)17;/h1-7,18H,(H,19,20);/q;+1/p-1. The topological polar surface area (TPSA) is 55.9 Å². The average molecular weight is 328 g/mol. The molecule has 1 N–H and O–H groups in total. The van der Waals surface area contributed by atoms with Gasteiger partial charge in [-0.3, -0.25) is 0 Å². The molecule has 100 valence electrons. The first-order valence-corrected chi connectivity index (χ1v) is 6.23. The molecule has 1 aromatic heterocycles. The van der Waals surface area contributed by atoms with Gasteiger partial charge in [-0.05, 0) is 24.3 Å². The number of carboxylic acids is 1. The van der Waals surface area contributed by atoms with Crippen LogP contribution in [0.15, 0.2) is 42.5 Å². The molecule has 0 atom stereocenters. The number of benzene rings is 2. The summed E-state index contributed by atoms with van der Waals surface area (Å²) in [6.07, 6.45) is 0. The van der Waals surface area contributed by atoms with Gasteiger partial charge < -0.3 is 14.9 Å². The Kier molecular flexibility index (Phi) is 5.24. The first-order valence-electron chi connectivity index (χ1n) is 5.85. The monoisotopic (exact) mass is 327 g/mol. The molecular weight excluding hydrogens is 320 g/mol. The third kappa shape index (κ3) is 3.08. The number of aromatic nitrogens is 1. The van der Waals surface area contributed by atoms with Gasteiger partial charge in [-0.25, -0.2) is 4.39 Å². The quantitative estimate of drug-likeness (QED) is 0.673. The Labute approximate surface area is 167 Å². The largest absolute Gasteiger partial charge is 1.00 e. The van der Waals surface area contributed by atoms with Gasteiger partial charge in [0.1, 0.15) is 5.82 Å². The molecule has 0 radical (unpaired) electrons. The number of carbonyl (C=O) groups excluding carboxylic acids is 1. The Bertz CT molecular complexity index is 832. The minimum Gasteiger partial charge on any atom is -0.543 e. The molecule has 1 heterocycles. The van der Waals surface area contributed by atoms with Gasteiger partial charge >= 0.3 is 51.4 Å². The van der Waals surface area contributed by atoms with Crippen LogP contribution in [0.2, 0.25) is 5.02 Å². The van der Waals surface area contributed by atoms with Crippen LogP contribution in [-0.2, 0) is 0 Å². The maximum atomic E-state index is 14.0. The van der Waals surface area contributed by atoms with Crippen LogP contribution < -0.4 is 56.5 Å². The minimum atomic E-state index is -1.39. The zero-order valence-electron chi connectivity index (χ0n) is 11.1. The van der Waals surface area contributed by atoms with Crippen LogP contribution in [-0.4, -0.2) is 11.0 Å². The Morgan fingerprint density at radius 2 is 1.90 bits per heavy atom. The van der Waals surface area contributed by atoms with Gasteiger partial charge in [0.25, 0.3) is 0 Å². The van der Waals surface area contributed by atoms with Gasteiger partial charge in [0.15, 0.2) is 0 Å². The molecule has 0 aliphatic heterocycles. The number of rotatable bonds is 2. The van der Waals surface area contributed by atoms with E-state index >= 15 is 0 Å². The van der Waals surface area contributed by atoms with E-state index in [2.05, 4.69) is 4.98 Å². The van der Waals surface area contributed by atoms with E-state index in [0.29, 0.717) is 15.9 Å². The van der Waals surface area contributed by atoms with Crippen molar-refractivity contribution in [2.24, 2.45) is 0 Å². The number of aromatic carboxylic acids is 1. The summed E-state index contributed by atoms with van der Waals surface area (Å²) < 4.78 is 14.0. The van der Waals surface area contributed by atoms with Crippen LogP contribution in [0.25, 0.3) is 22.0 Å². The molecule has 3 rings (SSSR count). The summed E-state index contributed by atoms with van der Waals surface area (Å²) >= 11 is 5.94. The predicted molar refractivity (Wildman–Crippen MR) is 73.0 cm³/mol. The summed E-state index contributed by atoms with van der Waals surface area (Å²) in [4.78, 5) is 14.0. The summed E-state index contributed by atoms with van der Waals surface area (Å²) in [7, 11) is 0. The van der Waals surface area contributed by atoms with Gasteiger partial charge in [-0.1, -0.05) is 29.8 Å². The van der Waals surface area contributed by atoms with Crippen molar-refractivity contribution in [2.75, 3.05) is 0 Å². The molecule has 0 bridgehead atoms. The molecule has 0 unspecified atom stereocenters. The minimum absolute atomic E-state index is 0. The SMILES string of the molecule is O=C([O-])c1[nH]c2ccc(Cl)cc2c1-c1ccccc1F.[K+]. The maximum Gasteiger partial charge on any atom is 1.00 e. The molecule has 0 aliphatic rings. The fraction of sp³-hybridized carbons (Fsp3) is 0. The first kappa shape index (κ1) is 16.7. The molecule has 21 heavy (non-hydrogen) atoms. The van der Waals surface area contributed by atoms with E-state index in [0.717, 1.165) is 0 Å². The number of hydrogen-bond acceptors (Lipinski definition) is 2. The fourth-order valence-electron chi connectivity index (χ4n) is 2.26. The smallest absolute Gasteiger partial charge is 0.543 e. The number of hydrogen-bond donors (Lipinski definition) is 1. The summed E-state index contributed by atoms with van der Waals surface area (Å²) in [5.41, 5.74) is 0.847. The zero-order valence-corrected chi connectivity index (χ0v) is 15.0. The van der Waals surface area contributed by atoms with E-state index in [-0.39, 0.29) is 68.2 Å². The van der Waals surface area contributed by atoms with E-state index in [1.54, 1.807) is 30.3 Å². The molecule has 0 saturated carbocycles. The van der Waals surface area contributed by atoms with E-state index in [4.69, 9.17) is 11.6 Å². The number of carbonyl (C=O) groups is 1. The van der Waals surface area contributed by atoms with Crippen LogP contribution in [0.4, 0.5) is 4.39 Å². The molecule has 0 fully saturated rings. The van der Waals surface area contributed by atoms with E-state index in [9.17, 15) is 14.3 Å². The number of nitrogens with one attached hydrogen (secondary N) is 1. The number of aromatic amines is 1. The van der Waals surface area contributed by atoms with Crippen molar-refractivity contribution in [2.45, 2.75) is 0 Å². The normalized spacial score (nSPS) is 10.4. The van der Waals surface area contributed by atoms with Crippen molar-refractivity contribution in [3.63, 3.8) is 0 Å². The van der Waals surface area contributed by atoms with Crippen LogP contribution in [0.1, 0.15) is 10.5 Å². The molecule has 0 aliphatic carbocycles. The number of fused-ring (bicyclic) bond motifs is 1. The van der Waals surface area contributed by atoms with Gasteiger partial charge in [0, 0.05) is 27.1 Å². The maximum absolute atomic E-state index is 14.0. The van der Waals surface area contributed by atoms with Crippen LogP contribution >= 0.6 is 11.6 Å². The Morgan fingerprint density at radius 3 is 2.57 bits per heavy atom. The van der Waals surface area contributed by atoms with E-state index < -0.39 is 11.8 Å². The molecule has 6 heteroatoms. The number of halogens is 2.